The first-order valence-corrected chi connectivity index (χ1v) is 8.89. The van der Waals surface area contributed by atoms with Crippen molar-refractivity contribution in [3.63, 3.8) is 0 Å². The lowest BCUT2D eigenvalue weighted by atomic mass is 9.98. The quantitative estimate of drug-likeness (QED) is 0.412. The maximum Gasteiger partial charge on any atom is 0.260 e. The first-order chi connectivity index (χ1) is 13.5. The third kappa shape index (κ3) is 4.49. The van der Waals surface area contributed by atoms with Gasteiger partial charge in [-0.3, -0.25) is 30.1 Å². The van der Waals surface area contributed by atoms with Crippen LogP contribution in [-0.2, 0) is 16.0 Å². The number of imide groups is 1. The van der Waals surface area contributed by atoms with Gasteiger partial charge in [-0.15, -0.1) is 0 Å². The van der Waals surface area contributed by atoms with Gasteiger partial charge in [0.25, 0.3) is 5.91 Å². The highest BCUT2D eigenvalue weighted by Gasteiger charge is 2.30. The Morgan fingerprint density at radius 2 is 1.79 bits per heavy atom. The molecule has 0 radical (unpaired) electrons. The molecule has 3 N–H and O–H groups in total. The predicted octanol–water partition coefficient (Wildman–Crippen LogP) is 1.76. The van der Waals surface area contributed by atoms with Gasteiger partial charge in [-0.05, 0) is 36.0 Å². The average Bonchev–Trinajstić information content (AvgIpc) is 2.68. The monoisotopic (exact) mass is 400 g/mol. The number of anilines is 1. The second-order valence-corrected chi connectivity index (χ2v) is 6.45. The predicted molar refractivity (Wildman–Crippen MR) is 105 cm³/mol. The molecule has 2 aromatic carbocycles. The standard InChI is InChI=1S/C19H17FN4O3S/c20-14-7-3-4-8-15(14)21-19(28)23-22-16(25)9-10-24-17(26)11-12-5-1-2-6-13(12)18(24)27/h1-8H,9-11H2,(H,22,25)(H2,21,23,28). The van der Waals surface area contributed by atoms with Crippen LogP contribution in [0.4, 0.5) is 10.1 Å². The second kappa shape index (κ2) is 8.57. The Labute approximate surface area is 165 Å². The molecule has 3 rings (SSSR count). The molecule has 0 unspecified atom stereocenters. The van der Waals surface area contributed by atoms with Crippen molar-refractivity contribution in [2.45, 2.75) is 12.8 Å². The maximum atomic E-state index is 13.5. The van der Waals surface area contributed by atoms with Gasteiger partial charge in [-0.1, -0.05) is 30.3 Å². The first kappa shape index (κ1) is 19.4. The molecule has 2 aromatic rings. The molecule has 3 amide bonds. The second-order valence-electron chi connectivity index (χ2n) is 6.04. The molecule has 7 nitrogen and oxygen atoms in total. The van der Waals surface area contributed by atoms with Crippen LogP contribution in [0.3, 0.4) is 0 Å². The largest absolute Gasteiger partial charge is 0.329 e. The van der Waals surface area contributed by atoms with Gasteiger partial charge in [-0.25, -0.2) is 4.39 Å². The van der Waals surface area contributed by atoms with Crippen LogP contribution in [0.15, 0.2) is 48.5 Å². The zero-order chi connectivity index (χ0) is 20.1. The number of nitrogens with zero attached hydrogens (tertiary/aromatic N) is 1. The zero-order valence-corrected chi connectivity index (χ0v) is 15.5. The number of para-hydroxylation sites is 1. The minimum absolute atomic E-state index is 0.00231. The lowest BCUT2D eigenvalue weighted by Gasteiger charge is -2.26. The average molecular weight is 400 g/mol. The van der Waals surface area contributed by atoms with E-state index in [2.05, 4.69) is 16.2 Å². The number of benzene rings is 2. The Balaban J connectivity index is 1.48. The molecule has 0 saturated heterocycles. The van der Waals surface area contributed by atoms with Gasteiger partial charge in [-0.2, -0.15) is 0 Å². The zero-order valence-electron chi connectivity index (χ0n) is 14.7. The van der Waals surface area contributed by atoms with Gasteiger partial charge >= 0.3 is 0 Å². The van der Waals surface area contributed by atoms with E-state index in [-0.39, 0.29) is 36.1 Å². The number of hydrazine groups is 1. The smallest absolute Gasteiger partial charge is 0.260 e. The van der Waals surface area contributed by atoms with E-state index in [1.165, 1.54) is 12.1 Å². The number of halogens is 1. The van der Waals surface area contributed by atoms with E-state index in [1.807, 2.05) is 0 Å². The molecular weight excluding hydrogens is 383 g/mol. The summed E-state index contributed by atoms with van der Waals surface area (Å²) in [6.07, 6.45) is 0.0212. The van der Waals surface area contributed by atoms with E-state index in [0.717, 1.165) is 4.90 Å². The number of carbonyl (C=O) groups is 3. The molecular formula is C19H17FN4O3S. The van der Waals surface area contributed by atoms with Crippen molar-refractivity contribution < 1.29 is 18.8 Å². The minimum atomic E-state index is -0.486. The number of carbonyl (C=O) groups excluding carboxylic acids is 3. The summed E-state index contributed by atoms with van der Waals surface area (Å²) in [5.41, 5.74) is 6.11. The number of hydrogen-bond donors (Lipinski definition) is 3. The highest BCUT2D eigenvalue weighted by molar-refractivity contribution is 7.80. The fourth-order valence-electron chi connectivity index (χ4n) is 2.74. The van der Waals surface area contributed by atoms with Crippen molar-refractivity contribution in [1.82, 2.24) is 15.8 Å². The Morgan fingerprint density at radius 3 is 2.57 bits per heavy atom. The highest BCUT2D eigenvalue weighted by Crippen LogP contribution is 2.19. The number of nitrogens with one attached hydrogen (secondary N) is 3. The summed E-state index contributed by atoms with van der Waals surface area (Å²) in [5.74, 6) is -1.72. The molecule has 144 valence electrons. The number of amides is 3. The fraction of sp³-hybridized carbons (Fsp3) is 0.158. The summed E-state index contributed by atoms with van der Waals surface area (Å²) in [5, 5.41) is 2.61. The highest BCUT2D eigenvalue weighted by atomic mass is 32.1. The van der Waals surface area contributed by atoms with E-state index in [1.54, 1.807) is 36.4 Å². The normalized spacial score (nSPS) is 13.0. The van der Waals surface area contributed by atoms with Gasteiger partial charge in [0.05, 0.1) is 12.1 Å². The lowest BCUT2D eigenvalue weighted by molar-refractivity contribution is -0.129. The molecule has 0 saturated carbocycles. The summed E-state index contributed by atoms with van der Waals surface area (Å²) >= 11 is 4.98. The van der Waals surface area contributed by atoms with Crippen LogP contribution in [0, 0.1) is 5.82 Å². The Morgan fingerprint density at radius 1 is 1.07 bits per heavy atom. The topological polar surface area (TPSA) is 90.5 Å². The molecule has 1 heterocycles. The Kier molecular flexibility index (Phi) is 5.95. The molecule has 0 aromatic heterocycles. The van der Waals surface area contributed by atoms with Crippen molar-refractivity contribution in [2.24, 2.45) is 0 Å². The summed E-state index contributed by atoms with van der Waals surface area (Å²) in [6.45, 7) is -0.0486. The third-order valence-electron chi connectivity index (χ3n) is 4.14. The third-order valence-corrected chi connectivity index (χ3v) is 4.34. The Hall–Kier alpha value is -3.33. The summed E-state index contributed by atoms with van der Waals surface area (Å²) in [4.78, 5) is 37.7. The minimum Gasteiger partial charge on any atom is -0.329 e. The molecule has 0 fully saturated rings. The van der Waals surface area contributed by atoms with Crippen LogP contribution in [0.2, 0.25) is 0 Å². The molecule has 28 heavy (non-hydrogen) atoms. The van der Waals surface area contributed by atoms with Gasteiger partial charge in [0.1, 0.15) is 5.82 Å². The molecule has 0 bridgehead atoms. The van der Waals surface area contributed by atoms with Gasteiger partial charge in [0.2, 0.25) is 11.8 Å². The number of thiocarbonyl (C=S) groups is 1. The fourth-order valence-corrected chi connectivity index (χ4v) is 2.91. The van der Waals surface area contributed by atoms with Gasteiger partial charge in [0.15, 0.2) is 5.11 Å². The first-order valence-electron chi connectivity index (χ1n) is 8.48. The van der Waals surface area contributed by atoms with E-state index in [4.69, 9.17) is 12.2 Å². The van der Waals surface area contributed by atoms with Crippen molar-refractivity contribution in [2.75, 3.05) is 11.9 Å². The van der Waals surface area contributed by atoms with E-state index in [9.17, 15) is 18.8 Å². The van der Waals surface area contributed by atoms with Crippen molar-refractivity contribution in [3.05, 3.63) is 65.5 Å². The number of fused-ring (bicyclic) bond motifs is 1. The Bertz CT molecular complexity index is 950. The SMILES string of the molecule is O=C(CCN1C(=O)Cc2ccccc2C1=O)NNC(=S)Nc1ccccc1F. The van der Waals surface area contributed by atoms with E-state index in [0.29, 0.717) is 11.1 Å². The van der Waals surface area contributed by atoms with Crippen LogP contribution in [0.25, 0.3) is 0 Å². The van der Waals surface area contributed by atoms with Crippen LogP contribution >= 0.6 is 12.2 Å². The van der Waals surface area contributed by atoms with Crippen LogP contribution in [0.1, 0.15) is 22.3 Å². The van der Waals surface area contributed by atoms with Gasteiger partial charge < -0.3 is 5.32 Å². The maximum absolute atomic E-state index is 13.5. The molecule has 0 spiro atoms. The van der Waals surface area contributed by atoms with Crippen molar-refractivity contribution in [3.8, 4) is 0 Å². The molecule has 1 aliphatic heterocycles. The summed E-state index contributed by atoms with van der Waals surface area (Å²) < 4.78 is 13.5. The van der Waals surface area contributed by atoms with E-state index < -0.39 is 17.6 Å². The molecule has 9 heteroatoms. The van der Waals surface area contributed by atoms with Crippen LogP contribution in [0.5, 0.6) is 0 Å². The summed E-state index contributed by atoms with van der Waals surface area (Å²) in [6, 6.07) is 12.8. The van der Waals surface area contributed by atoms with Crippen LogP contribution < -0.4 is 16.2 Å². The summed E-state index contributed by atoms with van der Waals surface area (Å²) in [7, 11) is 0. The van der Waals surface area contributed by atoms with Crippen LogP contribution in [-0.4, -0.2) is 34.3 Å². The number of hydrogen-bond acceptors (Lipinski definition) is 4. The van der Waals surface area contributed by atoms with Crippen molar-refractivity contribution >= 4 is 40.7 Å². The van der Waals surface area contributed by atoms with E-state index >= 15 is 0 Å². The number of rotatable bonds is 4. The van der Waals surface area contributed by atoms with Gasteiger partial charge in [0, 0.05) is 18.5 Å². The van der Waals surface area contributed by atoms with Crippen molar-refractivity contribution in [1.29, 1.82) is 0 Å². The molecule has 1 aliphatic rings. The molecule has 0 aliphatic carbocycles. The molecule has 0 atom stereocenters. The lowest BCUT2D eigenvalue weighted by Crippen LogP contribution is -2.47.